The van der Waals surface area contributed by atoms with E-state index in [2.05, 4.69) is 19.9 Å². The number of thiophene rings is 1. The average Bonchev–Trinajstić information content (AvgIpc) is 3.48. The number of aromatic nitrogens is 1. The van der Waals surface area contributed by atoms with Gasteiger partial charge in [-0.1, -0.05) is 19.9 Å². The molecule has 1 saturated carbocycles. The van der Waals surface area contributed by atoms with E-state index in [-0.39, 0.29) is 11.0 Å². The Hall–Kier alpha value is -2.18. The third-order valence-corrected chi connectivity index (χ3v) is 7.95. The lowest BCUT2D eigenvalue weighted by atomic mass is 9.76. The molecule has 2 heterocycles. The highest BCUT2D eigenvalue weighted by Gasteiger charge is 2.35. The number of hydrogen-bond acceptors (Lipinski definition) is 4. The van der Waals surface area contributed by atoms with Gasteiger partial charge in [-0.05, 0) is 82.8 Å². The molecule has 1 N–H and O–H groups in total. The van der Waals surface area contributed by atoms with Gasteiger partial charge in [0.1, 0.15) is 0 Å². The molecule has 2 aromatic heterocycles. The lowest BCUT2D eigenvalue weighted by Gasteiger charge is -2.31. The van der Waals surface area contributed by atoms with E-state index >= 15 is 0 Å². The minimum Gasteiger partial charge on any atom is -0.479 e. The maximum Gasteiger partial charge on any atom is 0.337 e. The molecule has 2 aliphatic rings. The number of rotatable bonds is 7. The van der Waals surface area contributed by atoms with E-state index < -0.39 is 17.7 Å². The van der Waals surface area contributed by atoms with Crippen LogP contribution < -0.4 is 5.56 Å². The molecule has 1 atom stereocenters. The van der Waals surface area contributed by atoms with Gasteiger partial charge in [-0.2, -0.15) is 0 Å². The molecule has 2 aromatic rings. The lowest BCUT2D eigenvalue weighted by molar-refractivity contribution is -0.160. The number of allylic oxidation sites excluding steroid dienone is 2. The number of carboxylic acid groups (broad SMARTS) is 1. The van der Waals surface area contributed by atoms with Crippen LogP contribution in [-0.4, -0.2) is 21.2 Å². The van der Waals surface area contributed by atoms with E-state index in [0.29, 0.717) is 5.92 Å². The maximum absolute atomic E-state index is 12.5. The second-order valence-electron chi connectivity index (χ2n) is 11.7. The predicted octanol–water partition coefficient (Wildman–Crippen LogP) is 6.83. The number of nitrogens with zero attached hydrogens (tertiary/aromatic N) is 1. The molecular weight excluding hydrogens is 446 g/mol. The van der Waals surface area contributed by atoms with Crippen LogP contribution in [0.4, 0.5) is 0 Å². The van der Waals surface area contributed by atoms with Crippen LogP contribution in [-0.2, 0) is 16.1 Å². The predicted molar refractivity (Wildman–Crippen MR) is 138 cm³/mol. The van der Waals surface area contributed by atoms with Gasteiger partial charge in [0.2, 0.25) is 0 Å². The maximum atomic E-state index is 12.5. The van der Waals surface area contributed by atoms with Gasteiger partial charge < -0.3 is 14.4 Å². The van der Waals surface area contributed by atoms with Gasteiger partial charge in [-0.25, -0.2) is 4.79 Å². The summed E-state index contributed by atoms with van der Waals surface area (Å²) in [6, 6.07) is 3.53. The zero-order valence-electron chi connectivity index (χ0n) is 21.2. The van der Waals surface area contributed by atoms with Gasteiger partial charge in [-0.3, -0.25) is 4.79 Å². The van der Waals surface area contributed by atoms with Crippen molar-refractivity contribution in [1.82, 2.24) is 4.57 Å². The first-order chi connectivity index (χ1) is 15.8. The van der Waals surface area contributed by atoms with Gasteiger partial charge in [0.05, 0.1) is 5.60 Å². The lowest BCUT2D eigenvalue weighted by Crippen LogP contribution is -2.28. The number of hydrogen-bond donors (Lipinski definition) is 1. The number of ether oxygens (including phenoxy) is 1. The monoisotopic (exact) mass is 483 g/mol. The molecule has 184 valence electrons. The van der Waals surface area contributed by atoms with Crippen LogP contribution in [0, 0.1) is 18.3 Å². The molecule has 1 fully saturated rings. The molecule has 0 spiro atoms. The summed E-state index contributed by atoms with van der Waals surface area (Å²) in [7, 11) is 0. The molecule has 5 nitrogen and oxygen atoms in total. The van der Waals surface area contributed by atoms with Crippen LogP contribution in [0.15, 0.2) is 29.2 Å². The topological polar surface area (TPSA) is 68.5 Å². The Kier molecular flexibility index (Phi) is 6.69. The van der Waals surface area contributed by atoms with Gasteiger partial charge in [0, 0.05) is 45.3 Å². The molecule has 0 bridgehead atoms. The summed E-state index contributed by atoms with van der Waals surface area (Å²) >= 11 is 1.61. The van der Waals surface area contributed by atoms with Crippen molar-refractivity contribution in [2.24, 2.45) is 11.3 Å². The zero-order chi connectivity index (χ0) is 24.8. The Balaban J connectivity index is 1.89. The molecule has 0 saturated heterocycles. The van der Waals surface area contributed by atoms with E-state index in [1.165, 1.54) is 18.4 Å². The van der Waals surface area contributed by atoms with E-state index in [1.807, 2.05) is 44.5 Å². The highest BCUT2D eigenvalue weighted by molar-refractivity contribution is 7.16. The highest BCUT2D eigenvalue weighted by Crippen LogP contribution is 2.48. The van der Waals surface area contributed by atoms with E-state index in [4.69, 9.17) is 4.74 Å². The second-order valence-corrected chi connectivity index (χ2v) is 12.9. The van der Waals surface area contributed by atoms with Crippen molar-refractivity contribution in [2.45, 2.75) is 91.9 Å². The first-order valence-corrected chi connectivity index (χ1v) is 13.1. The second kappa shape index (κ2) is 9.12. The van der Waals surface area contributed by atoms with Crippen molar-refractivity contribution in [3.63, 3.8) is 0 Å². The Morgan fingerprint density at radius 3 is 2.56 bits per heavy atom. The van der Waals surface area contributed by atoms with Crippen LogP contribution in [0.1, 0.15) is 88.8 Å². The fourth-order valence-electron chi connectivity index (χ4n) is 4.67. The SMILES string of the molecule is Cc1sc(-c2ccc(=O)n(CC3CC3)c2)c(C2=CCC(C)(C)CC2)c1C(OC(C)(C)C)C(=O)O. The Morgan fingerprint density at radius 2 is 2.00 bits per heavy atom. The number of aliphatic carboxylic acids is 1. The number of pyridine rings is 1. The molecule has 0 aromatic carbocycles. The fourth-order valence-corrected chi connectivity index (χ4v) is 5.88. The summed E-state index contributed by atoms with van der Waals surface area (Å²) in [5, 5.41) is 10.2. The summed E-state index contributed by atoms with van der Waals surface area (Å²) in [5.74, 6) is -0.382. The number of carbonyl (C=O) groups is 1. The molecule has 34 heavy (non-hydrogen) atoms. The normalized spacial score (nSPS) is 19.1. The first-order valence-electron chi connectivity index (χ1n) is 12.3. The van der Waals surface area contributed by atoms with Crippen molar-refractivity contribution in [2.75, 3.05) is 0 Å². The fraction of sp³-hybridized carbons (Fsp3) is 0.571. The van der Waals surface area contributed by atoms with Crippen molar-refractivity contribution >= 4 is 22.9 Å². The van der Waals surface area contributed by atoms with Gasteiger partial charge in [0.15, 0.2) is 6.10 Å². The largest absolute Gasteiger partial charge is 0.479 e. The van der Waals surface area contributed by atoms with E-state index in [0.717, 1.165) is 52.3 Å². The van der Waals surface area contributed by atoms with Crippen LogP contribution in [0.5, 0.6) is 0 Å². The third kappa shape index (κ3) is 5.55. The van der Waals surface area contributed by atoms with Crippen LogP contribution in [0.3, 0.4) is 0 Å². The van der Waals surface area contributed by atoms with Crippen LogP contribution >= 0.6 is 11.3 Å². The minimum absolute atomic E-state index is 0.0174. The zero-order valence-corrected chi connectivity index (χ0v) is 22.1. The highest BCUT2D eigenvalue weighted by atomic mass is 32.1. The van der Waals surface area contributed by atoms with E-state index in [9.17, 15) is 14.7 Å². The van der Waals surface area contributed by atoms with Crippen molar-refractivity contribution < 1.29 is 14.6 Å². The molecule has 0 aliphatic heterocycles. The van der Waals surface area contributed by atoms with Crippen molar-refractivity contribution in [3.05, 3.63) is 50.8 Å². The molecule has 6 heteroatoms. The molecular formula is C28H37NO4S. The third-order valence-electron chi connectivity index (χ3n) is 6.78. The Labute approximate surface area is 206 Å². The number of aryl methyl sites for hydroxylation is 1. The van der Waals surface area contributed by atoms with Crippen LogP contribution in [0.25, 0.3) is 16.0 Å². The number of carboxylic acids is 1. The summed E-state index contributed by atoms with van der Waals surface area (Å²) in [4.78, 5) is 26.9. The molecule has 0 amide bonds. The quantitative estimate of drug-likeness (QED) is 0.469. The minimum atomic E-state index is -1.05. The molecule has 1 unspecified atom stereocenters. The Bertz CT molecular complexity index is 1170. The summed E-state index contributed by atoms with van der Waals surface area (Å²) in [6.45, 7) is 13.0. The van der Waals surface area contributed by atoms with Crippen LogP contribution in [0.2, 0.25) is 0 Å². The average molecular weight is 484 g/mol. The molecule has 4 rings (SSSR count). The van der Waals surface area contributed by atoms with Crippen molar-refractivity contribution in [3.8, 4) is 10.4 Å². The standard InChI is InChI=1S/C28H37NO4S/c1-17-22(24(26(31)32)33-27(2,3)4)23(19-11-13-28(5,6)14-12-19)25(34-17)20-9-10-21(30)29(16-20)15-18-7-8-18/h9-11,16,18,24H,7-8,12-15H2,1-6H3,(H,31,32). The molecule has 2 aliphatic carbocycles. The van der Waals surface area contributed by atoms with E-state index in [1.54, 1.807) is 17.4 Å². The Morgan fingerprint density at radius 1 is 1.29 bits per heavy atom. The summed E-state index contributed by atoms with van der Waals surface area (Å²) < 4.78 is 7.94. The van der Waals surface area contributed by atoms with Gasteiger partial charge in [0.25, 0.3) is 5.56 Å². The van der Waals surface area contributed by atoms with Gasteiger partial charge >= 0.3 is 5.97 Å². The summed E-state index contributed by atoms with van der Waals surface area (Å²) in [6.07, 6.45) is 8.46. The summed E-state index contributed by atoms with van der Waals surface area (Å²) in [5.41, 5.74) is 3.57. The van der Waals surface area contributed by atoms with Gasteiger partial charge in [-0.15, -0.1) is 11.3 Å². The first kappa shape index (κ1) is 24.9. The van der Waals surface area contributed by atoms with Crippen molar-refractivity contribution in [1.29, 1.82) is 0 Å². The smallest absolute Gasteiger partial charge is 0.337 e. The molecule has 0 radical (unpaired) electrons.